The van der Waals surface area contributed by atoms with Gasteiger partial charge in [0.25, 0.3) is 9.05 Å². The Hall–Kier alpha value is -1.27. The third-order valence-corrected chi connectivity index (χ3v) is 3.92. The molecule has 7 heteroatoms. The highest BCUT2D eigenvalue weighted by molar-refractivity contribution is 8.13. The lowest BCUT2D eigenvalue weighted by molar-refractivity contribution is -0.121. The maximum atomic E-state index is 11.6. The summed E-state index contributed by atoms with van der Waals surface area (Å²) in [6.07, 6.45) is 0.427. The molecule has 0 saturated carbocycles. The summed E-state index contributed by atoms with van der Waals surface area (Å²) in [7, 11) is 2.83. The number of hydrogen-bond acceptors (Lipinski definition) is 4. The van der Waals surface area contributed by atoms with E-state index in [9.17, 15) is 13.2 Å². The lowest BCUT2D eigenvalue weighted by atomic mass is 10.1. The van der Waals surface area contributed by atoms with Crippen molar-refractivity contribution in [3.05, 3.63) is 23.8 Å². The van der Waals surface area contributed by atoms with Crippen molar-refractivity contribution in [2.45, 2.75) is 31.7 Å². The average Bonchev–Trinajstić information content (AvgIpc) is 2.34. The number of amides is 1. The zero-order valence-corrected chi connectivity index (χ0v) is 13.2. The molecular weight excluding hydrogens is 302 g/mol. The number of nitrogens with one attached hydrogen (secondary N) is 1. The van der Waals surface area contributed by atoms with Gasteiger partial charge in [0.15, 0.2) is 0 Å². The molecule has 1 N–H and O–H groups in total. The van der Waals surface area contributed by atoms with E-state index >= 15 is 0 Å². The van der Waals surface area contributed by atoms with E-state index in [2.05, 4.69) is 5.32 Å². The monoisotopic (exact) mass is 319 g/mol. The summed E-state index contributed by atoms with van der Waals surface area (Å²) in [5, 5.41) is 2.73. The predicted molar refractivity (Wildman–Crippen MR) is 77.3 cm³/mol. The average molecular weight is 320 g/mol. The van der Waals surface area contributed by atoms with Crippen molar-refractivity contribution in [3.63, 3.8) is 0 Å². The highest BCUT2D eigenvalue weighted by Gasteiger charge is 2.17. The van der Waals surface area contributed by atoms with Crippen LogP contribution in [0.2, 0.25) is 0 Å². The van der Waals surface area contributed by atoms with Crippen molar-refractivity contribution in [1.29, 1.82) is 0 Å². The topological polar surface area (TPSA) is 72.5 Å². The molecule has 1 aromatic carbocycles. The Kier molecular flexibility index (Phi) is 5.83. The predicted octanol–water partition coefficient (Wildman–Crippen LogP) is 2.29. The molecule has 0 spiro atoms. The number of benzene rings is 1. The zero-order chi connectivity index (χ0) is 15.3. The van der Waals surface area contributed by atoms with Crippen molar-refractivity contribution < 1.29 is 17.9 Å². The van der Waals surface area contributed by atoms with Crippen LogP contribution in [0.4, 0.5) is 0 Å². The Morgan fingerprint density at radius 2 is 2.05 bits per heavy atom. The molecule has 5 nitrogen and oxygen atoms in total. The summed E-state index contributed by atoms with van der Waals surface area (Å²) in [4.78, 5) is 11.5. The van der Waals surface area contributed by atoms with Gasteiger partial charge in [-0.1, -0.05) is 19.9 Å². The van der Waals surface area contributed by atoms with E-state index in [1.54, 1.807) is 6.07 Å². The lowest BCUT2D eigenvalue weighted by Gasteiger charge is -2.10. The molecule has 0 aromatic heterocycles. The number of carbonyl (C=O) groups is 1. The fraction of sp³-hybridized carbons (Fsp3) is 0.462. The molecule has 0 aliphatic carbocycles. The summed E-state index contributed by atoms with van der Waals surface area (Å²) in [5.74, 6) is 0.369. The molecule has 0 saturated heterocycles. The van der Waals surface area contributed by atoms with Crippen LogP contribution < -0.4 is 10.1 Å². The van der Waals surface area contributed by atoms with E-state index in [0.29, 0.717) is 12.0 Å². The Morgan fingerprint density at radius 3 is 2.55 bits per heavy atom. The molecular formula is C13H18ClNO4S. The summed E-state index contributed by atoms with van der Waals surface area (Å²) in [5.41, 5.74) is 0.641. The van der Waals surface area contributed by atoms with Gasteiger partial charge in [0.05, 0.1) is 7.11 Å². The van der Waals surface area contributed by atoms with Crippen LogP contribution >= 0.6 is 10.7 Å². The summed E-state index contributed by atoms with van der Waals surface area (Å²) >= 11 is 0. The van der Waals surface area contributed by atoms with Crippen LogP contribution in [-0.2, 0) is 20.4 Å². The SMILES string of the molecule is COc1ccc(CNC(=O)CC(C)C)cc1S(=O)(=O)Cl. The maximum absolute atomic E-state index is 11.6. The second-order valence-corrected chi connectivity index (χ2v) is 7.33. The molecule has 20 heavy (non-hydrogen) atoms. The highest BCUT2D eigenvalue weighted by Crippen LogP contribution is 2.27. The third-order valence-electron chi connectivity index (χ3n) is 2.57. The first-order chi connectivity index (χ1) is 9.24. The van der Waals surface area contributed by atoms with E-state index in [1.807, 2.05) is 13.8 Å². The Bertz CT molecular complexity index is 584. The van der Waals surface area contributed by atoms with E-state index in [4.69, 9.17) is 15.4 Å². The quantitative estimate of drug-likeness (QED) is 0.816. The molecule has 0 bridgehead atoms. The van der Waals surface area contributed by atoms with Gasteiger partial charge in [-0.15, -0.1) is 0 Å². The minimum absolute atomic E-state index is 0.0777. The van der Waals surface area contributed by atoms with Crippen molar-refractivity contribution in [1.82, 2.24) is 5.32 Å². The Morgan fingerprint density at radius 1 is 1.40 bits per heavy atom. The molecule has 0 heterocycles. The number of carbonyl (C=O) groups excluding carboxylic acids is 1. The van der Waals surface area contributed by atoms with Crippen LogP contribution in [0.25, 0.3) is 0 Å². The third kappa shape index (κ3) is 5.02. The van der Waals surface area contributed by atoms with Gasteiger partial charge in [-0.25, -0.2) is 8.42 Å². The Labute approximate surface area is 123 Å². The molecule has 0 aliphatic rings. The van der Waals surface area contributed by atoms with E-state index < -0.39 is 9.05 Å². The Balaban J connectivity index is 2.86. The van der Waals surface area contributed by atoms with Crippen molar-refractivity contribution >= 4 is 25.6 Å². The number of hydrogen-bond donors (Lipinski definition) is 1. The summed E-state index contributed by atoms with van der Waals surface area (Å²) < 4.78 is 27.8. The fourth-order valence-electron chi connectivity index (χ4n) is 1.67. The first-order valence-corrected chi connectivity index (χ1v) is 8.43. The highest BCUT2D eigenvalue weighted by atomic mass is 35.7. The van der Waals surface area contributed by atoms with Crippen LogP contribution in [0.3, 0.4) is 0 Å². The molecule has 112 valence electrons. The first kappa shape index (κ1) is 16.8. The molecule has 1 rings (SSSR count). The van der Waals surface area contributed by atoms with Gasteiger partial charge >= 0.3 is 0 Å². The summed E-state index contributed by atoms with van der Waals surface area (Å²) in [6, 6.07) is 4.59. The van der Waals surface area contributed by atoms with Crippen molar-refractivity contribution in [2.24, 2.45) is 5.92 Å². The standard InChI is InChI=1S/C13H18ClNO4S/c1-9(2)6-13(16)15-8-10-4-5-11(19-3)12(7-10)20(14,17)18/h4-5,7,9H,6,8H2,1-3H3,(H,15,16). The van der Waals surface area contributed by atoms with Gasteiger partial charge < -0.3 is 10.1 Å². The minimum atomic E-state index is -3.89. The molecule has 1 amide bonds. The molecule has 0 aliphatic heterocycles. The second kappa shape index (κ2) is 6.95. The lowest BCUT2D eigenvalue weighted by Crippen LogP contribution is -2.24. The zero-order valence-electron chi connectivity index (χ0n) is 11.6. The number of ether oxygens (including phenoxy) is 1. The fourth-order valence-corrected chi connectivity index (χ4v) is 2.71. The molecule has 0 atom stereocenters. The normalized spacial score (nSPS) is 11.4. The molecule has 0 fully saturated rings. The molecule has 0 unspecified atom stereocenters. The van der Waals surface area contributed by atoms with E-state index in [-0.39, 0.29) is 29.0 Å². The van der Waals surface area contributed by atoms with Crippen molar-refractivity contribution in [2.75, 3.05) is 7.11 Å². The molecule has 1 aromatic rings. The van der Waals surface area contributed by atoms with Crippen LogP contribution in [0, 0.1) is 5.92 Å². The summed E-state index contributed by atoms with van der Waals surface area (Å²) in [6.45, 7) is 4.14. The number of methoxy groups -OCH3 is 1. The van der Waals surface area contributed by atoms with Crippen LogP contribution in [-0.4, -0.2) is 21.4 Å². The van der Waals surface area contributed by atoms with E-state index in [1.165, 1.54) is 19.2 Å². The molecule has 0 radical (unpaired) electrons. The van der Waals surface area contributed by atoms with Gasteiger partial charge in [-0.2, -0.15) is 0 Å². The van der Waals surface area contributed by atoms with Crippen LogP contribution in [0.15, 0.2) is 23.1 Å². The van der Waals surface area contributed by atoms with Gasteiger partial charge in [0, 0.05) is 23.6 Å². The van der Waals surface area contributed by atoms with Crippen LogP contribution in [0.1, 0.15) is 25.8 Å². The second-order valence-electron chi connectivity index (χ2n) is 4.80. The van der Waals surface area contributed by atoms with Gasteiger partial charge in [0.1, 0.15) is 10.6 Å². The van der Waals surface area contributed by atoms with Gasteiger partial charge in [-0.05, 0) is 23.6 Å². The smallest absolute Gasteiger partial charge is 0.264 e. The van der Waals surface area contributed by atoms with Gasteiger partial charge in [0.2, 0.25) is 5.91 Å². The number of rotatable bonds is 6. The minimum Gasteiger partial charge on any atom is -0.495 e. The first-order valence-electron chi connectivity index (χ1n) is 6.12. The van der Waals surface area contributed by atoms with Crippen LogP contribution in [0.5, 0.6) is 5.75 Å². The van der Waals surface area contributed by atoms with Crippen molar-refractivity contribution in [3.8, 4) is 5.75 Å². The van der Waals surface area contributed by atoms with Gasteiger partial charge in [-0.3, -0.25) is 4.79 Å². The maximum Gasteiger partial charge on any atom is 0.264 e. The number of halogens is 1. The van der Waals surface area contributed by atoms with E-state index in [0.717, 1.165) is 0 Å². The largest absolute Gasteiger partial charge is 0.495 e.